The fraction of sp³-hybridized carbons (Fsp3) is 0.933. The highest BCUT2D eigenvalue weighted by molar-refractivity contribution is 7.91. The average Bonchev–Trinajstić information content (AvgIpc) is 2.80. The average molecular weight is 316 g/mol. The lowest BCUT2D eigenvalue weighted by Gasteiger charge is -2.39. The van der Waals surface area contributed by atoms with Crippen LogP contribution >= 0.6 is 0 Å². The second kappa shape index (κ2) is 6.65. The highest BCUT2D eigenvalue weighted by Crippen LogP contribution is 2.32. The Hall–Kier alpha value is -0.620. The van der Waals surface area contributed by atoms with E-state index in [0.717, 1.165) is 38.8 Å². The SMILES string of the molecule is CCCCN(C(=O)C1(C)CCNCC1)C1CCS(=O)(=O)C1. The zero-order chi connectivity index (χ0) is 15.5. The van der Waals surface area contributed by atoms with Gasteiger partial charge in [-0.1, -0.05) is 20.3 Å². The van der Waals surface area contributed by atoms with Gasteiger partial charge in [0, 0.05) is 18.0 Å². The number of nitrogens with one attached hydrogen (secondary N) is 1. The molecule has 0 spiro atoms. The predicted octanol–water partition coefficient (Wildman–Crippen LogP) is 1.19. The minimum atomic E-state index is -2.96. The minimum Gasteiger partial charge on any atom is -0.338 e. The molecule has 5 nitrogen and oxygen atoms in total. The molecule has 2 saturated heterocycles. The first kappa shape index (κ1) is 16.7. The third kappa shape index (κ3) is 3.97. The van der Waals surface area contributed by atoms with Gasteiger partial charge in [-0.3, -0.25) is 4.79 Å². The summed E-state index contributed by atoms with van der Waals surface area (Å²) < 4.78 is 23.5. The Morgan fingerprint density at radius 3 is 2.52 bits per heavy atom. The van der Waals surface area contributed by atoms with Crippen LogP contribution in [0.25, 0.3) is 0 Å². The molecule has 0 bridgehead atoms. The molecule has 0 aromatic rings. The topological polar surface area (TPSA) is 66.5 Å². The summed E-state index contributed by atoms with van der Waals surface area (Å²) in [5.41, 5.74) is -0.328. The van der Waals surface area contributed by atoms with E-state index in [9.17, 15) is 13.2 Å². The predicted molar refractivity (Wildman–Crippen MR) is 83.9 cm³/mol. The lowest BCUT2D eigenvalue weighted by molar-refractivity contribution is -0.144. The van der Waals surface area contributed by atoms with Crippen LogP contribution in [0.5, 0.6) is 0 Å². The molecule has 2 rings (SSSR count). The van der Waals surface area contributed by atoms with E-state index >= 15 is 0 Å². The summed E-state index contributed by atoms with van der Waals surface area (Å²) in [4.78, 5) is 14.9. The maximum absolute atomic E-state index is 13.0. The van der Waals surface area contributed by atoms with E-state index in [1.165, 1.54) is 0 Å². The summed E-state index contributed by atoms with van der Waals surface area (Å²) >= 11 is 0. The lowest BCUT2D eigenvalue weighted by Crippen LogP contribution is -2.51. The van der Waals surface area contributed by atoms with E-state index in [0.29, 0.717) is 13.0 Å². The van der Waals surface area contributed by atoms with Crippen molar-refractivity contribution in [1.82, 2.24) is 10.2 Å². The molecule has 2 aliphatic rings. The van der Waals surface area contributed by atoms with Crippen molar-refractivity contribution in [3.8, 4) is 0 Å². The molecule has 0 radical (unpaired) electrons. The standard InChI is InChI=1S/C15H28N2O3S/c1-3-4-10-17(13-5-11-21(19,20)12-13)14(18)15(2)6-8-16-9-7-15/h13,16H,3-12H2,1-2H3. The first-order chi connectivity index (χ1) is 9.88. The zero-order valence-electron chi connectivity index (χ0n) is 13.2. The largest absolute Gasteiger partial charge is 0.338 e. The van der Waals surface area contributed by atoms with Crippen molar-refractivity contribution in [3.05, 3.63) is 0 Å². The number of unbranched alkanes of at least 4 members (excludes halogenated alkanes) is 1. The molecule has 122 valence electrons. The van der Waals surface area contributed by atoms with Gasteiger partial charge in [0.1, 0.15) is 0 Å². The van der Waals surface area contributed by atoms with Gasteiger partial charge in [-0.05, 0) is 38.8 Å². The summed E-state index contributed by atoms with van der Waals surface area (Å²) in [6.45, 7) is 6.57. The summed E-state index contributed by atoms with van der Waals surface area (Å²) in [7, 11) is -2.96. The monoisotopic (exact) mass is 316 g/mol. The molecule has 1 N–H and O–H groups in total. The summed E-state index contributed by atoms with van der Waals surface area (Å²) in [6.07, 6.45) is 4.24. The molecule has 0 aliphatic carbocycles. The van der Waals surface area contributed by atoms with Gasteiger partial charge in [0.05, 0.1) is 11.5 Å². The molecule has 0 aromatic heterocycles. The Morgan fingerprint density at radius 1 is 1.33 bits per heavy atom. The van der Waals surface area contributed by atoms with E-state index in [1.807, 2.05) is 11.8 Å². The van der Waals surface area contributed by atoms with Gasteiger partial charge in [-0.15, -0.1) is 0 Å². The zero-order valence-corrected chi connectivity index (χ0v) is 14.0. The van der Waals surface area contributed by atoms with Crippen molar-refractivity contribution in [2.75, 3.05) is 31.1 Å². The summed E-state index contributed by atoms with van der Waals surface area (Å²) in [5.74, 6) is 0.544. The molecule has 1 unspecified atom stereocenters. The third-order valence-corrected chi connectivity index (χ3v) is 6.64. The van der Waals surface area contributed by atoms with Gasteiger partial charge < -0.3 is 10.2 Å². The Kier molecular flexibility index (Phi) is 5.30. The van der Waals surface area contributed by atoms with Crippen LogP contribution in [0.4, 0.5) is 0 Å². The Labute approximate surface area is 128 Å². The van der Waals surface area contributed by atoms with Gasteiger partial charge in [-0.25, -0.2) is 8.42 Å². The van der Waals surface area contributed by atoms with Gasteiger partial charge in [0.15, 0.2) is 9.84 Å². The maximum atomic E-state index is 13.0. The van der Waals surface area contributed by atoms with Crippen LogP contribution in [-0.4, -0.2) is 56.4 Å². The van der Waals surface area contributed by atoms with E-state index in [-0.39, 0.29) is 28.9 Å². The maximum Gasteiger partial charge on any atom is 0.228 e. The van der Waals surface area contributed by atoms with E-state index in [4.69, 9.17) is 0 Å². The molecule has 2 fully saturated rings. The smallest absolute Gasteiger partial charge is 0.228 e. The van der Waals surface area contributed by atoms with Crippen LogP contribution in [0, 0.1) is 5.41 Å². The van der Waals surface area contributed by atoms with Crippen LogP contribution in [-0.2, 0) is 14.6 Å². The molecule has 0 saturated carbocycles. The second-order valence-electron chi connectivity index (χ2n) is 6.72. The number of carbonyl (C=O) groups excluding carboxylic acids is 1. The molecule has 2 heterocycles. The van der Waals surface area contributed by atoms with Crippen LogP contribution in [0.15, 0.2) is 0 Å². The van der Waals surface area contributed by atoms with Crippen LogP contribution < -0.4 is 5.32 Å². The summed E-state index contributed by atoms with van der Waals surface area (Å²) in [6, 6.07) is -0.110. The van der Waals surface area contributed by atoms with E-state index in [2.05, 4.69) is 12.2 Å². The van der Waals surface area contributed by atoms with Crippen molar-refractivity contribution < 1.29 is 13.2 Å². The van der Waals surface area contributed by atoms with Crippen LogP contribution in [0.2, 0.25) is 0 Å². The van der Waals surface area contributed by atoms with Crippen molar-refractivity contribution in [3.63, 3.8) is 0 Å². The van der Waals surface area contributed by atoms with E-state index in [1.54, 1.807) is 0 Å². The van der Waals surface area contributed by atoms with Gasteiger partial charge in [0.25, 0.3) is 0 Å². The number of sulfone groups is 1. The normalized spacial score (nSPS) is 27.4. The first-order valence-corrected chi connectivity index (χ1v) is 9.92. The number of hydrogen-bond acceptors (Lipinski definition) is 4. The number of amides is 1. The fourth-order valence-corrected chi connectivity index (χ4v) is 5.07. The highest BCUT2D eigenvalue weighted by Gasteiger charge is 2.42. The van der Waals surface area contributed by atoms with Gasteiger partial charge in [-0.2, -0.15) is 0 Å². The van der Waals surface area contributed by atoms with Crippen molar-refractivity contribution in [2.45, 2.75) is 52.0 Å². The number of rotatable bonds is 5. The third-order valence-electron chi connectivity index (χ3n) is 4.89. The van der Waals surface area contributed by atoms with Gasteiger partial charge in [0.2, 0.25) is 5.91 Å². The highest BCUT2D eigenvalue weighted by atomic mass is 32.2. The Balaban J connectivity index is 2.13. The van der Waals surface area contributed by atoms with Crippen LogP contribution in [0.3, 0.4) is 0 Å². The molecule has 2 aliphatic heterocycles. The quantitative estimate of drug-likeness (QED) is 0.827. The number of carbonyl (C=O) groups is 1. The lowest BCUT2D eigenvalue weighted by atomic mass is 9.79. The molecule has 1 amide bonds. The molecule has 0 aromatic carbocycles. The molecular weight excluding hydrogens is 288 g/mol. The van der Waals surface area contributed by atoms with Crippen molar-refractivity contribution in [1.29, 1.82) is 0 Å². The number of hydrogen-bond donors (Lipinski definition) is 1. The Bertz CT molecular complexity index is 469. The molecule has 1 atom stereocenters. The summed E-state index contributed by atoms with van der Waals surface area (Å²) in [5, 5.41) is 3.29. The molecular formula is C15H28N2O3S. The van der Waals surface area contributed by atoms with Crippen LogP contribution in [0.1, 0.15) is 46.0 Å². The Morgan fingerprint density at radius 2 is 2.00 bits per heavy atom. The minimum absolute atomic E-state index is 0.110. The van der Waals surface area contributed by atoms with Gasteiger partial charge >= 0.3 is 0 Å². The fourth-order valence-electron chi connectivity index (χ4n) is 3.34. The van der Waals surface area contributed by atoms with E-state index < -0.39 is 9.84 Å². The molecule has 21 heavy (non-hydrogen) atoms. The second-order valence-corrected chi connectivity index (χ2v) is 8.95. The van der Waals surface area contributed by atoms with Crippen molar-refractivity contribution >= 4 is 15.7 Å². The number of piperidine rings is 1. The number of nitrogens with zero attached hydrogens (tertiary/aromatic N) is 1. The first-order valence-electron chi connectivity index (χ1n) is 8.10. The van der Waals surface area contributed by atoms with Crippen molar-refractivity contribution in [2.24, 2.45) is 5.41 Å². The molecule has 6 heteroatoms.